The van der Waals surface area contributed by atoms with Gasteiger partial charge in [-0.3, -0.25) is 4.79 Å². The molecule has 1 aliphatic carbocycles. The third-order valence-electron chi connectivity index (χ3n) is 4.76. The van der Waals surface area contributed by atoms with Crippen LogP contribution in [0, 0.1) is 5.92 Å². The Morgan fingerprint density at radius 3 is 1.95 bits per heavy atom. The Kier molecular flexibility index (Phi) is 9.73. The van der Waals surface area contributed by atoms with Gasteiger partial charge in [-0.2, -0.15) is 0 Å². The molecule has 3 nitrogen and oxygen atoms in total. The number of unbranched alkanes of at least 4 members (excludes halogenated alkanes) is 6. The lowest BCUT2D eigenvalue weighted by atomic mass is 10.0. The molecule has 3 heteroatoms. The first-order valence-electron chi connectivity index (χ1n) is 9.25. The summed E-state index contributed by atoms with van der Waals surface area (Å²) >= 11 is 0. The summed E-state index contributed by atoms with van der Waals surface area (Å²) in [6.45, 7) is 6.33. The molecule has 0 aliphatic heterocycles. The average Bonchev–Trinajstić information content (AvgIpc) is 2.91. The molecule has 0 aromatic carbocycles. The van der Waals surface area contributed by atoms with E-state index in [0.717, 1.165) is 45.2 Å². The maximum atomic E-state index is 12.7. The smallest absolute Gasteiger partial charge is 0.227 e. The van der Waals surface area contributed by atoms with Crippen LogP contribution in [0.2, 0.25) is 0 Å². The molecule has 0 aromatic heterocycles. The first-order chi connectivity index (χ1) is 10.2. The van der Waals surface area contributed by atoms with Gasteiger partial charge in [-0.05, 0) is 25.7 Å². The Morgan fingerprint density at radius 2 is 1.52 bits per heavy atom. The van der Waals surface area contributed by atoms with Gasteiger partial charge in [0, 0.05) is 19.1 Å². The SMILES string of the molecule is CCCCCCN(CCCCCC)C(=O)C1CCCC1N. The van der Waals surface area contributed by atoms with Gasteiger partial charge in [0.05, 0.1) is 5.92 Å². The van der Waals surface area contributed by atoms with Gasteiger partial charge in [-0.15, -0.1) is 0 Å². The predicted molar refractivity (Wildman–Crippen MR) is 90.2 cm³/mol. The van der Waals surface area contributed by atoms with E-state index in [4.69, 9.17) is 5.73 Å². The lowest BCUT2D eigenvalue weighted by Gasteiger charge is -2.27. The van der Waals surface area contributed by atoms with Gasteiger partial charge < -0.3 is 10.6 Å². The predicted octanol–water partition coefficient (Wildman–Crippen LogP) is 4.10. The third kappa shape index (κ3) is 6.82. The lowest BCUT2D eigenvalue weighted by Crippen LogP contribution is -2.42. The van der Waals surface area contributed by atoms with Crippen LogP contribution in [0.5, 0.6) is 0 Å². The standard InChI is InChI=1S/C18H36N2O/c1-3-5-7-9-14-20(15-10-8-6-4-2)18(21)16-12-11-13-17(16)19/h16-17H,3-15,19H2,1-2H3. The summed E-state index contributed by atoms with van der Waals surface area (Å²) < 4.78 is 0. The minimum atomic E-state index is 0.0994. The van der Waals surface area contributed by atoms with E-state index in [2.05, 4.69) is 18.7 Å². The summed E-state index contributed by atoms with van der Waals surface area (Å²) in [4.78, 5) is 14.9. The quantitative estimate of drug-likeness (QED) is 0.583. The summed E-state index contributed by atoms with van der Waals surface area (Å²) in [5, 5.41) is 0. The molecule has 2 atom stereocenters. The molecule has 1 fully saturated rings. The van der Waals surface area contributed by atoms with Gasteiger partial charge in [-0.25, -0.2) is 0 Å². The number of amides is 1. The van der Waals surface area contributed by atoms with Crippen molar-refractivity contribution >= 4 is 5.91 Å². The van der Waals surface area contributed by atoms with Gasteiger partial charge in [0.2, 0.25) is 5.91 Å². The fraction of sp³-hybridized carbons (Fsp3) is 0.944. The third-order valence-corrected chi connectivity index (χ3v) is 4.76. The average molecular weight is 296 g/mol. The number of nitrogens with zero attached hydrogens (tertiary/aromatic N) is 1. The number of carbonyl (C=O) groups is 1. The Morgan fingerprint density at radius 1 is 0.952 bits per heavy atom. The number of nitrogens with two attached hydrogens (primary N) is 1. The van der Waals surface area contributed by atoms with Crippen molar-refractivity contribution < 1.29 is 4.79 Å². The molecule has 0 saturated heterocycles. The molecule has 1 amide bonds. The molecule has 0 heterocycles. The van der Waals surface area contributed by atoms with Crippen molar-refractivity contribution in [1.29, 1.82) is 0 Å². The van der Waals surface area contributed by atoms with E-state index in [1.807, 2.05) is 0 Å². The largest absolute Gasteiger partial charge is 0.342 e. The number of hydrogen-bond acceptors (Lipinski definition) is 2. The monoisotopic (exact) mass is 296 g/mol. The fourth-order valence-corrected chi connectivity index (χ4v) is 3.32. The van der Waals surface area contributed by atoms with E-state index in [-0.39, 0.29) is 12.0 Å². The molecule has 0 aromatic rings. The van der Waals surface area contributed by atoms with Crippen LogP contribution in [0.4, 0.5) is 0 Å². The van der Waals surface area contributed by atoms with Crippen LogP contribution in [-0.2, 0) is 4.79 Å². The van der Waals surface area contributed by atoms with Crippen molar-refractivity contribution in [2.75, 3.05) is 13.1 Å². The van der Waals surface area contributed by atoms with Gasteiger partial charge >= 0.3 is 0 Å². The maximum Gasteiger partial charge on any atom is 0.227 e. The van der Waals surface area contributed by atoms with Crippen LogP contribution in [0.3, 0.4) is 0 Å². The van der Waals surface area contributed by atoms with Gasteiger partial charge in [0.25, 0.3) is 0 Å². The first-order valence-corrected chi connectivity index (χ1v) is 9.25. The highest BCUT2D eigenvalue weighted by molar-refractivity contribution is 5.79. The van der Waals surface area contributed by atoms with E-state index in [0.29, 0.717) is 5.91 Å². The molecular weight excluding hydrogens is 260 g/mol. The van der Waals surface area contributed by atoms with Gasteiger partial charge in [0.15, 0.2) is 0 Å². The second kappa shape index (κ2) is 11.1. The van der Waals surface area contributed by atoms with E-state index in [1.165, 1.54) is 38.5 Å². The van der Waals surface area contributed by atoms with Crippen LogP contribution in [-0.4, -0.2) is 29.9 Å². The molecule has 0 bridgehead atoms. The molecule has 21 heavy (non-hydrogen) atoms. The maximum absolute atomic E-state index is 12.7. The zero-order chi connectivity index (χ0) is 15.5. The highest BCUT2D eigenvalue weighted by Gasteiger charge is 2.32. The normalized spacial score (nSPS) is 21.7. The molecule has 1 aliphatic rings. The molecule has 124 valence electrons. The van der Waals surface area contributed by atoms with Crippen molar-refractivity contribution in [3.8, 4) is 0 Å². The summed E-state index contributed by atoms with van der Waals surface area (Å²) in [6, 6.07) is 0.103. The Hall–Kier alpha value is -0.570. The summed E-state index contributed by atoms with van der Waals surface area (Å²) in [7, 11) is 0. The number of carbonyl (C=O) groups excluding carboxylic acids is 1. The zero-order valence-electron chi connectivity index (χ0n) is 14.3. The van der Waals surface area contributed by atoms with Crippen LogP contribution in [0.1, 0.15) is 84.5 Å². The molecule has 0 radical (unpaired) electrons. The summed E-state index contributed by atoms with van der Waals surface area (Å²) in [5.41, 5.74) is 6.12. The van der Waals surface area contributed by atoms with Crippen LogP contribution in [0.25, 0.3) is 0 Å². The van der Waals surface area contributed by atoms with Crippen molar-refractivity contribution in [2.45, 2.75) is 90.5 Å². The van der Waals surface area contributed by atoms with Crippen molar-refractivity contribution in [3.05, 3.63) is 0 Å². The minimum Gasteiger partial charge on any atom is -0.342 e. The fourth-order valence-electron chi connectivity index (χ4n) is 3.32. The molecule has 1 rings (SSSR count). The summed E-state index contributed by atoms with van der Waals surface area (Å²) in [6.07, 6.45) is 13.0. The summed E-state index contributed by atoms with van der Waals surface area (Å²) in [5.74, 6) is 0.440. The Bertz CT molecular complexity index is 268. The van der Waals surface area contributed by atoms with E-state index in [1.54, 1.807) is 0 Å². The van der Waals surface area contributed by atoms with E-state index < -0.39 is 0 Å². The van der Waals surface area contributed by atoms with Crippen LogP contribution >= 0.6 is 0 Å². The van der Waals surface area contributed by atoms with Crippen molar-refractivity contribution in [2.24, 2.45) is 11.7 Å². The molecular formula is C18H36N2O. The first kappa shape index (κ1) is 18.5. The van der Waals surface area contributed by atoms with Crippen molar-refractivity contribution in [3.63, 3.8) is 0 Å². The van der Waals surface area contributed by atoms with Crippen LogP contribution < -0.4 is 5.73 Å². The second-order valence-electron chi connectivity index (χ2n) is 6.65. The van der Waals surface area contributed by atoms with Gasteiger partial charge in [0.1, 0.15) is 0 Å². The second-order valence-corrected chi connectivity index (χ2v) is 6.65. The Labute approximate surface area is 131 Å². The molecule has 2 unspecified atom stereocenters. The van der Waals surface area contributed by atoms with Gasteiger partial charge in [-0.1, -0.05) is 58.8 Å². The van der Waals surface area contributed by atoms with E-state index in [9.17, 15) is 4.79 Å². The lowest BCUT2D eigenvalue weighted by molar-refractivity contribution is -0.135. The minimum absolute atomic E-state index is 0.0994. The number of hydrogen-bond donors (Lipinski definition) is 1. The number of rotatable bonds is 11. The topological polar surface area (TPSA) is 46.3 Å². The van der Waals surface area contributed by atoms with Crippen molar-refractivity contribution in [1.82, 2.24) is 4.90 Å². The molecule has 2 N–H and O–H groups in total. The molecule has 1 saturated carbocycles. The highest BCUT2D eigenvalue weighted by Crippen LogP contribution is 2.26. The van der Waals surface area contributed by atoms with E-state index >= 15 is 0 Å². The molecule has 0 spiro atoms. The van der Waals surface area contributed by atoms with Crippen LogP contribution in [0.15, 0.2) is 0 Å². The highest BCUT2D eigenvalue weighted by atomic mass is 16.2. The Balaban J connectivity index is 2.42. The zero-order valence-corrected chi connectivity index (χ0v) is 14.3.